The van der Waals surface area contributed by atoms with Gasteiger partial charge in [-0.1, -0.05) is 0 Å². The van der Waals surface area contributed by atoms with Gasteiger partial charge < -0.3 is 14.9 Å². The van der Waals surface area contributed by atoms with Gasteiger partial charge >= 0.3 is 0 Å². The van der Waals surface area contributed by atoms with Crippen molar-refractivity contribution < 1.29 is 14.7 Å². The van der Waals surface area contributed by atoms with Crippen molar-refractivity contribution in [3.05, 3.63) is 18.0 Å². The number of aliphatic hydroxyl groups excluding tert-OH is 1. The van der Waals surface area contributed by atoms with E-state index in [9.17, 15) is 14.7 Å². The van der Waals surface area contributed by atoms with E-state index in [2.05, 4.69) is 5.10 Å². The summed E-state index contributed by atoms with van der Waals surface area (Å²) in [5.74, 6) is 0.326. The highest BCUT2D eigenvalue weighted by Crippen LogP contribution is 2.40. The third-order valence-electron chi connectivity index (χ3n) is 5.88. The molecule has 2 aliphatic heterocycles. The molecule has 0 aromatic carbocycles. The fourth-order valence-corrected chi connectivity index (χ4v) is 4.22. The van der Waals surface area contributed by atoms with Crippen molar-refractivity contribution in [3.63, 3.8) is 0 Å². The molecule has 2 fully saturated rings. The molecule has 1 atom stereocenters. The zero-order chi connectivity index (χ0) is 18.7. The summed E-state index contributed by atoms with van der Waals surface area (Å²) < 4.78 is 1.87. The zero-order valence-electron chi connectivity index (χ0n) is 15.9. The molecule has 1 aromatic rings. The molecule has 144 valence electrons. The summed E-state index contributed by atoms with van der Waals surface area (Å²) in [6.07, 6.45) is 5.06. The van der Waals surface area contributed by atoms with E-state index in [1.54, 1.807) is 13.1 Å². The van der Waals surface area contributed by atoms with E-state index >= 15 is 0 Å². The smallest absolute Gasteiger partial charge is 0.224 e. The minimum absolute atomic E-state index is 0.109. The minimum Gasteiger partial charge on any atom is -0.392 e. The number of aliphatic hydroxyl groups is 1. The molecule has 0 bridgehead atoms. The number of nitrogens with zero attached hydrogens (tertiary/aromatic N) is 4. The lowest BCUT2D eigenvalue weighted by Crippen LogP contribution is -2.53. The van der Waals surface area contributed by atoms with Crippen LogP contribution < -0.4 is 0 Å². The quantitative estimate of drug-likeness (QED) is 0.853. The summed E-state index contributed by atoms with van der Waals surface area (Å²) in [4.78, 5) is 28.4. The van der Waals surface area contributed by atoms with Crippen LogP contribution in [0.3, 0.4) is 0 Å². The highest BCUT2D eigenvalue weighted by molar-refractivity contribution is 5.77. The number of amides is 2. The van der Waals surface area contributed by atoms with Gasteiger partial charge in [0.25, 0.3) is 0 Å². The Morgan fingerprint density at radius 2 is 2.08 bits per heavy atom. The van der Waals surface area contributed by atoms with Gasteiger partial charge in [-0.2, -0.15) is 5.10 Å². The van der Waals surface area contributed by atoms with Crippen LogP contribution in [0.5, 0.6) is 0 Å². The lowest BCUT2D eigenvalue weighted by molar-refractivity contribution is -0.143. The second-order valence-electron chi connectivity index (χ2n) is 7.95. The molecule has 2 aliphatic rings. The average molecular weight is 362 g/mol. The molecule has 7 nitrogen and oxygen atoms in total. The van der Waals surface area contributed by atoms with E-state index in [0.717, 1.165) is 38.0 Å². The Hall–Kier alpha value is -1.89. The van der Waals surface area contributed by atoms with E-state index in [1.807, 2.05) is 27.5 Å². The molecule has 2 amide bonds. The number of piperidine rings is 2. The molecule has 0 radical (unpaired) electrons. The highest BCUT2D eigenvalue weighted by Gasteiger charge is 2.41. The van der Waals surface area contributed by atoms with Crippen molar-refractivity contribution in [2.45, 2.75) is 58.6 Å². The number of aromatic nitrogens is 2. The predicted molar refractivity (Wildman–Crippen MR) is 97.3 cm³/mol. The molecule has 2 saturated heterocycles. The first kappa shape index (κ1) is 18.9. The molecule has 26 heavy (non-hydrogen) atoms. The SMILES string of the molecule is Cc1ccnn1CCC(=O)N1CCC2(CCC(=O)N(C[C@H](C)O)C2)CC1. The van der Waals surface area contributed by atoms with Crippen molar-refractivity contribution in [2.24, 2.45) is 5.41 Å². The van der Waals surface area contributed by atoms with E-state index in [4.69, 9.17) is 0 Å². The van der Waals surface area contributed by atoms with Crippen molar-refractivity contribution in [1.82, 2.24) is 19.6 Å². The molecule has 0 saturated carbocycles. The second-order valence-corrected chi connectivity index (χ2v) is 7.95. The Kier molecular flexibility index (Phi) is 5.65. The molecule has 0 unspecified atom stereocenters. The lowest BCUT2D eigenvalue weighted by Gasteiger charge is -2.47. The number of likely N-dealkylation sites (tertiary alicyclic amines) is 2. The van der Waals surface area contributed by atoms with Crippen LogP contribution >= 0.6 is 0 Å². The number of hydrogen-bond acceptors (Lipinski definition) is 4. The van der Waals surface area contributed by atoms with Crippen molar-refractivity contribution in [2.75, 3.05) is 26.2 Å². The van der Waals surface area contributed by atoms with Gasteiger partial charge in [0.05, 0.1) is 6.10 Å². The molecular formula is C19H30N4O3. The first-order chi connectivity index (χ1) is 12.4. The standard InChI is InChI=1S/C19H30N4O3/c1-15-4-9-20-23(15)10-5-18(26)21-11-7-19(8-12-21)6-3-17(25)22(14-19)13-16(2)24/h4,9,16,24H,3,5-8,10-14H2,1-2H3/t16-/m0/s1. The number of carbonyl (C=O) groups excluding carboxylic acids is 2. The van der Waals surface area contributed by atoms with Gasteiger partial charge in [0.2, 0.25) is 11.8 Å². The fraction of sp³-hybridized carbons (Fsp3) is 0.737. The van der Waals surface area contributed by atoms with Crippen LogP contribution in [0.1, 0.15) is 44.7 Å². The van der Waals surface area contributed by atoms with Gasteiger partial charge in [-0.15, -0.1) is 0 Å². The van der Waals surface area contributed by atoms with Gasteiger partial charge in [0.15, 0.2) is 0 Å². The Balaban J connectivity index is 1.51. The van der Waals surface area contributed by atoms with Crippen LogP contribution in [0.4, 0.5) is 0 Å². The molecule has 1 N–H and O–H groups in total. The Bertz CT molecular complexity index is 647. The van der Waals surface area contributed by atoms with E-state index in [0.29, 0.717) is 32.5 Å². The van der Waals surface area contributed by atoms with Crippen LogP contribution in [-0.2, 0) is 16.1 Å². The van der Waals surface area contributed by atoms with Gasteiger partial charge in [-0.25, -0.2) is 0 Å². The zero-order valence-corrected chi connectivity index (χ0v) is 15.9. The highest BCUT2D eigenvalue weighted by atomic mass is 16.3. The maximum atomic E-state index is 12.5. The molecule has 1 spiro atoms. The molecular weight excluding hydrogens is 332 g/mol. The van der Waals surface area contributed by atoms with Gasteiger partial charge in [-0.3, -0.25) is 14.3 Å². The van der Waals surface area contributed by atoms with E-state index in [1.165, 1.54) is 0 Å². The van der Waals surface area contributed by atoms with Crippen LogP contribution in [0, 0.1) is 12.3 Å². The molecule has 0 aliphatic carbocycles. The number of aryl methyl sites for hydroxylation is 2. The molecule has 3 rings (SSSR count). The largest absolute Gasteiger partial charge is 0.392 e. The number of β-amino-alcohol motifs (C(OH)–C–C–N with tert-alkyl or cyclic N) is 1. The maximum absolute atomic E-state index is 12.5. The summed E-state index contributed by atoms with van der Waals surface area (Å²) >= 11 is 0. The third-order valence-corrected chi connectivity index (χ3v) is 5.88. The third kappa shape index (κ3) is 4.26. The second kappa shape index (κ2) is 7.78. The summed E-state index contributed by atoms with van der Waals surface area (Å²) in [7, 11) is 0. The average Bonchev–Trinajstić information content (AvgIpc) is 3.01. The number of rotatable bonds is 5. The number of carbonyl (C=O) groups is 2. The van der Waals surface area contributed by atoms with Crippen LogP contribution in [-0.4, -0.2) is 68.8 Å². The summed E-state index contributed by atoms with van der Waals surface area (Å²) in [6.45, 7) is 6.97. The van der Waals surface area contributed by atoms with Gasteiger partial charge in [-0.05, 0) is 44.6 Å². The van der Waals surface area contributed by atoms with Crippen molar-refractivity contribution in [3.8, 4) is 0 Å². The maximum Gasteiger partial charge on any atom is 0.224 e. The van der Waals surface area contributed by atoms with Crippen LogP contribution in [0.15, 0.2) is 12.3 Å². The van der Waals surface area contributed by atoms with E-state index in [-0.39, 0.29) is 17.2 Å². The minimum atomic E-state index is -0.499. The molecule has 3 heterocycles. The van der Waals surface area contributed by atoms with Crippen LogP contribution in [0.2, 0.25) is 0 Å². The topological polar surface area (TPSA) is 78.7 Å². The summed E-state index contributed by atoms with van der Waals surface area (Å²) in [5, 5.41) is 13.9. The Morgan fingerprint density at radius 3 is 2.69 bits per heavy atom. The van der Waals surface area contributed by atoms with Crippen molar-refractivity contribution >= 4 is 11.8 Å². The normalized spacial score (nSPS) is 21.3. The molecule has 7 heteroatoms. The predicted octanol–water partition coefficient (Wildman–Crippen LogP) is 1.19. The number of hydrogen-bond donors (Lipinski definition) is 1. The van der Waals surface area contributed by atoms with Gasteiger partial charge in [0, 0.05) is 57.5 Å². The van der Waals surface area contributed by atoms with Crippen molar-refractivity contribution in [1.29, 1.82) is 0 Å². The fourth-order valence-electron chi connectivity index (χ4n) is 4.22. The first-order valence-corrected chi connectivity index (χ1v) is 9.61. The lowest BCUT2D eigenvalue weighted by atomic mass is 9.72. The van der Waals surface area contributed by atoms with Gasteiger partial charge in [0.1, 0.15) is 0 Å². The Labute approximate surface area is 155 Å². The first-order valence-electron chi connectivity index (χ1n) is 9.61. The van der Waals surface area contributed by atoms with Crippen LogP contribution in [0.25, 0.3) is 0 Å². The summed E-state index contributed by atoms with van der Waals surface area (Å²) in [6, 6.07) is 1.94. The Morgan fingerprint density at radius 1 is 1.35 bits per heavy atom. The molecule has 1 aromatic heterocycles. The summed E-state index contributed by atoms with van der Waals surface area (Å²) in [5.41, 5.74) is 1.18. The monoisotopic (exact) mass is 362 g/mol. The van der Waals surface area contributed by atoms with E-state index < -0.39 is 6.10 Å².